The third kappa shape index (κ3) is 119. The van der Waals surface area contributed by atoms with E-state index in [0.717, 1.165) is 9.80 Å². The SMILES string of the molecule is C.C=O.C=O.CC.CC.CC.CC.CC.CC.CCC.CCC.CCC.CCC.CCC.CCC.CNNC(=O)CCOCCNC(=O)CCN1C(=O)C=CC1=O.NNC(=O)CCOCCNC(=O)CCN1C(=O)C=CC1=O. The summed E-state index contributed by atoms with van der Waals surface area (Å²) in [6.07, 6.45) is 12.7. The second kappa shape index (κ2) is 124. The molecule has 0 atom stereocenters. The first-order chi connectivity index (χ1) is 37.1. The van der Waals surface area contributed by atoms with Crippen molar-refractivity contribution in [2.45, 2.75) is 238 Å². The summed E-state index contributed by atoms with van der Waals surface area (Å²) in [5.74, 6) is 2.20. The summed E-state index contributed by atoms with van der Waals surface area (Å²) in [6.45, 7) is 55.2. The number of hydrazine groups is 2. The number of hydrogen-bond acceptors (Lipinski definition) is 14. The number of carbonyl (C=O) groups is 10. The quantitative estimate of drug-likeness (QED) is 0.0231. The Labute approximate surface area is 481 Å². The van der Waals surface area contributed by atoms with Gasteiger partial charge >= 0.3 is 0 Å². The normalized spacial score (nSPS) is 9.46. The molecule has 20 nitrogen and oxygen atoms in total. The first kappa shape index (κ1) is 112. The smallest absolute Gasteiger partial charge is 0.253 e. The van der Waals surface area contributed by atoms with Gasteiger partial charge in [0.15, 0.2) is 0 Å². The summed E-state index contributed by atoms with van der Waals surface area (Å²) >= 11 is 0. The first-order valence-electron chi connectivity index (χ1n) is 28.4. The number of ether oxygens (including phenoxy) is 2. The molecular formula is C58H130N8O12. The minimum Gasteiger partial charge on any atom is -0.379 e. The molecule has 0 saturated heterocycles. The monoisotopic (exact) mass is 1130 g/mol. The van der Waals surface area contributed by atoms with Crippen molar-refractivity contribution in [3.8, 4) is 0 Å². The molecule has 8 amide bonds. The Morgan fingerprint density at radius 3 is 0.846 bits per heavy atom. The van der Waals surface area contributed by atoms with Gasteiger partial charge in [-0.05, 0) is 0 Å². The average Bonchev–Trinajstić information content (AvgIpc) is 3.96. The van der Waals surface area contributed by atoms with Crippen molar-refractivity contribution in [1.82, 2.24) is 36.7 Å². The molecule has 2 heterocycles. The largest absolute Gasteiger partial charge is 0.379 e. The van der Waals surface area contributed by atoms with Gasteiger partial charge in [0, 0.05) is 70.4 Å². The van der Waals surface area contributed by atoms with E-state index < -0.39 is 23.6 Å². The zero-order valence-corrected chi connectivity index (χ0v) is 54.3. The minimum atomic E-state index is -0.408. The van der Waals surface area contributed by atoms with Crippen LogP contribution in [-0.4, -0.2) is 130 Å². The fourth-order valence-corrected chi connectivity index (χ4v) is 3.24. The maximum Gasteiger partial charge on any atom is 0.253 e. The molecular weight excluding hydrogens is 1000 g/mol. The molecule has 2 aliphatic heterocycles. The Kier molecular flexibility index (Phi) is 179. The van der Waals surface area contributed by atoms with Crippen LogP contribution in [0.3, 0.4) is 0 Å². The molecule has 0 saturated carbocycles. The lowest BCUT2D eigenvalue weighted by molar-refractivity contribution is -0.139. The van der Waals surface area contributed by atoms with E-state index in [4.69, 9.17) is 24.9 Å². The van der Waals surface area contributed by atoms with Crippen molar-refractivity contribution in [1.29, 1.82) is 0 Å². The molecule has 0 radical (unpaired) electrons. The van der Waals surface area contributed by atoms with Crippen LogP contribution >= 0.6 is 0 Å². The maximum atomic E-state index is 11.5. The molecule has 0 fully saturated rings. The van der Waals surface area contributed by atoms with Crippen LogP contribution in [0.4, 0.5) is 0 Å². The van der Waals surface area contributed by atoms with E-state index in [1.54, 1.807) is 7.05 Å². The zero-order chi connectivity index (χ0) is 64.3. The van der Waals surface area contributed by atoms with Crippen molar-refractivity contribution in [2.75, 3.05) is 59.7 Å². The van der Waals surface area contributed by atoms with E-state index in [-0.39, 0.29) is 103 Å². The van der Waals surface area contributed by atoms with E-state index in [1.807, 2.05) is 102 Å². The van der Waals surface area contributed by atoms with E-state index in [0.29, 0.717) is 6.54 Å². The molecule has 0 aromatic carbocycles. The highest BCUT2D eigenvalue weighted by molar-refractivity contribution is 6.13. The van der Waals surface area contributed by atoms with Crippen molar-refractivity contribution >= 4 is 60.8 Å². The molecule has 2 rings (SSSR count). The van der Waals surface area contributed by atoms with Gasteiger partial charge in [-0.25, -0.2) is 11.3 Å². The second-order valence-corrected chi connectivity index (χ2v) is 12.9. The van der Waals surface area contributed by atoms with Gasteiger partial charge in [-0.3, -0.25) is 59.0 Å². The zero-order valence-electron chi connectivity index (χ0n) is 54.3. The lowest BCUT2D eigenvalue weighted by Crippen LogP contribution is -2.36. The standard InChI is InChI=1S/C13H20N4O5.C12H18N4O5.6C3H8.6C2H6.2CH2O.CH4/c1-14-16-11(19)5-8-22-9-6-15-10(18)4-7-17-12(20)2-3-13(17)21;13-15-10(18)4-7-21-8-5-14-9(17)3-6-16-11(19)1-2-12(16)20;6*1-3-2;8*1-2;/h2-3,14H,4-9H2,1H3,(H,15,18)(H,16,19);1-2H,3-8,13H2,(H,14,17)(H,15,18);6*3H2,1-2H3;6*1-2H3;2*1H2;1H4. The summed E-state index contributed by atoms with van der Waals surface area (Å²) in [6, 6.07) is 0. The van der Waals surface area contributed by atoms with E-state index in [9.17, 15) is 38.4 Å². The highest BCUT2D eigenvalue weighted by Crippen LogP contribution is 2.05. The van der Waals surface area contributed by atoms with Gasteiger partial charge in [0.2, 0.25) is 23.6 Å². The Balaban J connectivity index is -0.0000000497. The predicted molar refractivity (Wildman–Crippen MR) is 332 cm³/mol. The minimum absolute atomic E-state index is 0. The fourth-order valence-electron chi connectivity index (χ4n) is 3.24. The van der Waals surface area contributed by atoms with Crippen LogP contribution in [-0.2, 0) is 57.4 Å². The van der Waals surface area contributed by atoms with Crippen LogP contribution in [0.2, 0.25) is 0 Å². The maximum absolute atomic E-state index is 11.5. The second-order valence-electron chi connectivity index (χ2n) is 12.9. The molecule has 7 N–H and O–H groups in total. The van der Waals surface area contributed by atoms with E-state index in [1.165, 1.54) is 62.8 Å². The number of nitrogens with zero attached hydrogens (tertiary/aromatic N) is 2. The molecule has 0 bridgehead atoms. The molecule has 474 valence electrons. The van der Waals surface area contributed by atoms with Gasteiger partial charge < -0.3 is 29.7 Å². The lowest BCUT2D eigenvalue weighted by atomic mass is 10.3. The van der Waals surface area contributed by atoms with Crippen molar-refractivity contribution in [3.05, 3.63) is 24.3 Å². The molecule has 0 aliphatic carbocycles. The molecule has 20 heteroatoms. The van der Waals surface area contributed by atoms with Crippen molar-refractivity contribution < 1.29 is 57.4 Å². The van der Waals surface area contributed by atoms with Crippen LogP contribution in [0.1, 0.15) is 238 Å². The number of nitrogens with one attached hydrogen (secondary N) is 5. The van der Waals surface area contributed by atoms with Gasteiger partial charge in [-0.1, -0.05) is 212 Å². The molecule has 0 unspecified atom stereocenters. The third-order valence-corrected chi connectivity index (χ3v) is 5.44. The Bertz CT molecular complexity index is 1170. The first-order valence-corrected chi connectivity index (χ1v) is 28.4. The summed E-state index contributed by atoms with van der Waals surface area (Å²) in [5.41, 5.74) is 6.88. The van der Waals surface area contributed by atoms with Gasteiger partial charge in [0.05, 0.1) is 39.3 Å². The highest BCUT2D eigenvalue weighted by Gasteiger charge is 2.24. The number of hydrogen-bond donors (Lipinski definition) is 6. The number of rotatable bonds is 19. The van der Waals surface area contributed by atoms with Crippen LogP contribution in [0, 0.1) is 0 Å². The molecule has 2 aliphatic rings. The van der Waals surface area contributed by atoms with Crippen LogP contribution in [0.5, 0.6) is 0 Å². The van der Waals surface area contributed by atoms with Gasteiger partial charge in [-0.15, -0.1) is 0 Å². The van der Waals surface area contributed by atoms with Gasteiger partial charge in [0.1, 0.15) is 13.6 Å². The average molecular weight is 1130 g/mol. The van der Waals surface area contributed by atoms with Gasteiger partial charge in [0.25, 0.3) is 23.6 Å². The van der Waals surface area contributed by atoms with Crippen LogP contribution < -0.4 is 32.8 Å². The Morgan fingerprint density at radius 1 is 0.423 bits per heavy atom. The van der Waals surface area contributed by atoms with Gasteiger partial charge in [-0.2, -0.15) is 0 Å². The topological polar surface area (TPSA) is 282 Å². The van der Waals surface area contributed by atoms with E-state index in [2.05, 4.69) is 105 Å². The summed E-state index contributed by atoms with van der Waals surface area (Å²) in [4.78, 5) is 108. The summed E-state index contributed by atoms with van der Waals surface area (Å²) < 4.78 is 10.3. The number of carbonyl (C=O) groups excluding carboxylic acids is 10. The van der Waals surface area contributed by atoms with Crippen molar-refractivity contribution in [3.63, 3.8) is 0 Å². The summed E-state index contributed by atoms with van der Waals surface area (Å²) in [7, 11) is 1.59. The Hall–Kier alpha value is -5.18. The number of imide groups is 2. The fraction of sp³-hybridized carbons (Fsp3) is 0.759. The highest BCUT2D eigenvalue weighted by atomic mass is 16.5. The Morgan fingerprint density at radius 2 is 0.641 bits per heavy atom. The molecule has 78 heavy (non-hydrogen) atoms. The van der Waals surface area contributed by atoms with Crippen LogP contribution in [0.15, 0.2) is 24.3 Å². The number of nitrogens with two attached hydrogens (primary N) is 1. The molecule has 0 spiro atoms. The molecule has 0 aromatic heterocycles. The lowest BCUT2D eigenvalue weighted by Gasteiger charge is -2.13. The molecule has 0 aromatic rings. The predicted octanol–water partition coefficient (Wildman–Crippen LogP) is 10.8. The number of amides is 8. The van der Waals surface area contributed by atoms with Crippen LogP contribution in [0.25, 0.3) is 0 Å². The van der Waals surface area contributed by atoms with Crippen molar-refractivity contribution in [2.24, 2.45) is 5.84 Å². The summed E-state index contributed by atoms with van der Waals surface area (Å²) in [5, 5.41) is 5.18. The third-order valence-electron chi connectivity index (χ3n) is 5.44. The van der Waals surface area contributed by atoms with E-state index >= 15 is 0 Å².